The molecule has 0 atom stereocenters. The molecule has 2 aromatic rings. The van der Waals surface area contributed by atoms with E-state index in [0.29, 0.717) is 16.8 Å². The van der Waals surface area contributed by atoms with Gasteiger partial charge in [-0.05, 0) is 25.3 Å². The van der Waals surface area contributed by atoms with Crippen LogP contribution >= 0.6 is 11.8 Å². The largest absolute Gasteiger partial charge is 0.370 e. The molecule has 2 rings (SSSR count). The molecule has 7 heteroatoms. The Kier molecular flexibility index (Phi) is 4.73. The lowest BCUT2D eigenvalue weighted by atomic mass is 10.3. The zero-order valence-corrected chi connectivity index (χ0v) is 11.9. The van der Waals surface area contributed by atoms with Crippen molar-refractivity contribution in [3.05, 3.63) is 35.9 Å². The average Bonchev–Trinajstić information content (AvgIpc) is 2.42. The highest BCUT2D eigenvalue weighted by molar-refractivity contribution is 7.98. The molecule has 0 bridgehead atoms. The Bertz CT molecular complexity index is 607. The number of benzene rings is 1. The zero-order chi connectivity index (χ0) is 14.5. The third-order valence-electron chi connectivity index (χ3n) is 2.44. The SMILES string of the molecule is CCNc1cc(Nc2ccc(F)cc2F)nc(SC)n1. The van der Waals surface area contributed by atoms with E-state index in [0.717, 1.165) is 12.6 Å². The number of rotatable bonds is 5. The molecule has 1 aromatic heterocycles. The van der Waals surface area contributed by atoms with Crippen molar-refractivity contribution in [3.63, 3.8) is 0 Å². The molecule has 106 valence electrons. The first-order valence-corrected chi connectivity index (χ1v) is 7.24. The predicted molar refractivity (Wildman–Crippen MR) is 77.6 cm³/mol. The minimum absolute atomic E-state index is 0.166. The first-order valence-electron chi connectivity index (χ1n) is 6.01. The third kappa shape index (κ3) is 3.57. The number of hydrogen-bond donors (Lipinski definition) is 2. The first-order chi connectivity index (χ1) is 9.62. The quantitative estimate of drug-likeness (QED) is 0.651. The maximum absolute atomic E-state index is 13.6. The van der Waals surface area contributed by atoms with E-state index in [4.69, 9.17) is 0 Å². The minimum atomic E-state index is -0.667. The van der Waals surface area contributed by atoms with Crippen LogP contribution < -0.4 is 10.6 Å². The zero-order valence-electron chi connectivity index (χ0n) is 11.1. The van der Waals surface area contributed by atoms with E-state index in [2.05, 4.69) is 20.6 Å². The summed E-state index contributed by atoms with van der Waals surface area (Å²) in [6, 6.07) is 5.02. The van der Waals surface area contributed by atoms with Crippen molar-refractivity contribution < 1.29 is 8.78 Å². The van der Waals surface area contributed by atoms with Crippen molar-refractivity contribution in [2.75, 3.05) is 23.4 Å². The van der Waals surface area contributed by atoms with Gasteiger partial charge in [0.1, 0.15) is 23.3 Å². The van der Waals surface area contributed by atoms with E-state index in [1.165, 1.54) is 23.9 Å². The van der Waals surface area contributed by atoms with E-state index >= 15 is 0 Å². The number of nitrogens with one attached hydrogen (secondary N) is 2. The van der Waals surface area contributed by atoms with Crippen LogP contribution in [0, 0.1) is 11.6 Å². The summed E-state index contributed by atoms with van der Waals surface area (Å²) < 4.78 is 26.5. The van der Waals surface area contributed by atoms with Gasteiger partial charge in [0.15, 0.2) is 5.16 Å². The highest BCUT2D eigenvalue weighted by Crippen LogP contribution is 2.23. The summed E-state index contributed by atoms with van der Waals surface area (Å²) in [7, 11) is 0. The van der Waals surface area contributed by atoms with Crippen molar-refractivity contribution in [2.45, 2.75) is 12.1 Å². The molecule has 4 nitrogen and oxygen atoms in total. The molecule has 0 aliphatic heterocycles. The molecule has 0 aliphatic rings. The molecule has 0 amide bonds. The molecular weight excluding hydrogens is 282 g/mol. The summed E-state index contributed by atoms with van der Waals surface area (Å²) in [6.07, 6.45) is 1.85. The number of aromatic nitrogens is 2. The summed E-state index contributed by atoms with van der Waals surface area (Å²) in [4.78, 5) is 8.50. The van der Waals surface area contributed by atoms with Gasteiger partial charge in [-0.1, -0.05) is 11.8 Å². The number of anilines is 3. The smallest absolute Gasteiger partial charge is 0.191 e. The predicted octanol–water partition coefficient (Wildman–Crippen LogP) is 3.65. The third-order valence-corrected chi connectivity index (χ3v) is 2.99. The van der Waals surface area contributed by atoms with E-state index in [1.807, 2.05) is 13.2 Å². The van der Waals surface area contributed by atoms with E-state index in [-0.39, 0.29) is 5.69 Å². The van der Waals surface area contributed by atoms with E-state index in [9.17, 15) is 8.78 Å². The average molecular weight is 296 g/mol. The van der Waals surface area contributed by atoms with Crippen LogP contribution in [0.1, 0.15) is 6.92 Å². The number of thioether (sulfide) groups is 1. The number of halogens is 2. The fraction of sp³-hybridized carbons (Fsp3) is 0.231. The van der Waals surface area contributed by atoms with Gasteiger partial charge in [0.2, 0.25) is 0 Å². The Morgan fingerprint density at radius 2 is 1.90 bits per heavy atom. The Morgan fingerprint density at radius 3 is 2.55 bits per heavy atom. The first kappa shape index (κ1) is 14.5. The van der Waals surface area contributed by atoms with Gasteiger partial charge in [0.25, 0.3) is 0 Å². The van der Waals surface area contributed by atoms with Crippen LogP contribution in [0.5, 0.6) is 0 Å². The Morgan fingerprint density at radius 1 is 1.15 bits per heavy atom. The van der Waals surface area contributed by atoms with Gasteiger partial charge in [0.05, 0.1) is 5.69 Å². The molecule has 0 saturated carbocycles. The van der Waals surface area contributed by atoms with Crippen LogP contribution in [0.25, 0.3) is 0 Å². The lowest BCUT2D eigenvalue weighted by molar-refractivity contribution is 0.586. The maximum Gasteiger partial charge on any atom is 0.191 e. The fourth-order valence-electron chi connectivity index (χ4n) is 1.58. The van der Waals surface area contributed by atoms with E-state index < -0.39 is 11.6 Å². The van der Waals surface area contributed by atoms with Crippen LogP contribution in [0.15, 0.2) is 29.4 Å². The molecule has 0 saturated heterocycles. The van der Waals surface area contributed by atoms with E-state index in [1.54, 1.807) is 6.07 Å². The van der Waals surface area contributed by atoms with Crippen molar-refractivity contribution in [1.29, 1.82) is 0 Å². The minimum Gasteiger partial charge on any atom is -0.370 e. The lowest BCUT2D eigenvalue weighted by Crippen LogP contribution is -2.04. The molecule has 1 heterocycles. The highest BCUT2D eigenvalue weighted by Gasteiger charge is 2.07. The Labute approximate surface area is 120 Å². The molecule has 0 aliphatic carbocycles. The van der Waals surface area contributed by atoms with Crippen LogP contribution in [0.4, 0.5) is 26.1 Å². The van der Waals surface area contributed by atoms with Gasteiger partial charge < -0.3 is 10.6 Å². The molecule has 0 fully saturated rings. The molecule has 2 N–H and O–H groups in total. The van der Waals surface area contributed by atoms with Crippen molar-refractivity contribution in [3.8, 4) is 0 Å². The van der Waals surface area contributed by atoms with Gasteiger partial charge in [-0.2, -0.15) is 0 Å². The molecule has 0 radical (unpaired) electrons. The summed E-state index contributed by atoms with van der Waals surface area (Å²) in [5.41, 5.74) is 0.166. The number of hydrogen-bond acceptors (Lipinski definition) is 5. The van der Waals surface area contributed by atoms with Crippen LogP contribution in [-0.2, 0) is 0 Å². The fourth-order valence-corrected chi connectivity index (χ4v) is 1.96. The molecule has 1 aromatic carbocycles. The molecular formula is C13H14F2N4S. The molecule has 20 heavy (non-hydrogen) atoms. The summed E-state index contributed by atoms with van der Waals surface area (Å²) >= 11 is 1.38. The normalized spacial score (nSPS) is 10.4. The van der Waals surface area contributed by atoms with Crippen LogP contribution in [0.3, 0.4) is 0 Å². The topological polar surface area (TPSA) is 49.8 Å². The molecule has 0 unspecified atom stereocenters. The van der Waals surface area contributed by atoms with Crippen molar-refractivity contribution in [2.24, 2.45) is 0 Å². The maximum atomic E-state index is 13.6. The Balaban J connectivity index is 2.29. The van der Waals surface area contributed by atoms with Crippen LogP contribution in [0.2, 0.25) is 0 Å². The van der Waals surface area contributed by atoms with Gasteiger partial charge in [-0.25, -0.2) is 18.7 Å². The summed E-state index contributed by atoms with van der Waals surface area (Å²) in [5, 5.41) is 6.46. The molecule has 0 spiro atoms. The van der Waals surface area contributed by atoms with Crippen LogP contribution in [-0.4, -0.2) is 22.8 Å². The monoisotopic (exact) mass is 296 g/mol. The summed E-state index contributed by atoms with van der Waals surface area (Å²) in [5.74, 6) is -0.184. The van der Waals surface area contributed by atoms with Crippen molar-refractivity contribution >= 4 is 29.1 Å². The van der Waals surface area contributed by atoms with Gasteiger partial charge in [-0.3, -0.25) is 0 Å². The van der Waals surface area contributed by atoms with Gasteiger partial charge >= 0.3 is 0 Å². The Hall–Kier alpha value is -1.89. The van der Waals surface area contributed by atoms with Gasteiger partial charge in [-0.15, -0.1) is 0 Å². The summed E-state index contributed by atoms with van der Waals surface area (Å²) in [6.45, 7) is 2.67. The second kappa shape index (κ2) is 6.51. The second-order valence-electron chi connectivity index (χ2n) is 3.90. The standard InChI is InChI=1S/C13H14F2N4S/c1-3-16-11-7-12(19-13(18-11)20-2)17-10-5-4-8(14)6-9(10)15/h4-7H,3H2,1-2H3,(H2,16,17,18,19). The van der Waals surface area contributed by atoms with Gasteiger partial charge in [0, 0.05) is 18.7 Å². The van der Waals surface area contributed by atoms with Crippen molar-refractivity contribution in [1.82, 2.24) is 9.97 Å². The lowest BCUT2D eigenvalue weighted by Gasteiger charge is -2.10. The second-order valence-corrected chi connectivity index (χ2v) is 4.68. The highest BCUT2D eigenvalue weighted by atomic mass is 32.2. The number of nitrogens with zero attached hydrogens (tertiary/aromatic N) is 2.